The molecule has 0 aliphatic heterocycles. The van der Waals surface area contributed by atoms with Gasteiger partial charge in [0.25, 0.3) is 5.91 Å². The highest BCUT2D eigenvalue weighted by molar-refractivity contribution is 9.10. The molecule has 0 spiro atoms. The number of carbonyl (C=O) groups is 1. The first-order chi connectivity index (χ1) is 9.11. The fourth-order valence-corrected chi connectivity index (χ4v) is 3.91. The van der Waals surface area contributed by atoms with E-state index in [1.54, 1.807) is 12.3 Å². The summed E-state index contributed by atoms with van der Waals surface area (Å²) in [5, 5.41) is 3.62. The number of aromatic nitrogens is 1. The molecule has 0 saturated heterocycles. The Labute approximate surface area is 126 Å². The lowest BCUT2D eigenvalue weighted by Gasteiger charge is -2.20. The van der Waals surface area contributed by atoms with Gasteiger partial charge in [0, 0.05) is 22.0 Å². The number of anilines is 1. The molecule has 1 aliphatic rings. The molecule has 2 atom stereocenters. The molecule has 4 nitrogen and oxygen atoms in total. The minimum Gasteiger partial charge on any atom is -0.383 e. The van der Waals surface area contributed by atoms with Crippen LogP contribution in [0.5, 0.6) is 0 Å². The van der Waals surface area contributed by atoms with Crippen molar-refractivity contribution in [3.05, 3.63) is 22.3 Å². The lowest BCUT2D eigenvalue weighted by Crippen LogP contribution is -2.39. The largest absolute Gasteiger partial charge is 0.383 e. The highest BCUT2D eigenvalue weighted by Gasteiger charge is 2.29. The van der Waals surface area contributed by atoms with Crippen molar-refractivity contribution in [2.24, 2.45) is 0 Å². The summed E-state index contributed by atoms with van der Waals surface area (Å²) in [6.45, 7) is 2.15. The van der Waals surface area contributed by atoms with E-state index in [-0.39, 0.29) is 17.8 Å². The molecule has 2 unspecified atom stereocenters. The number of nitrogens with one attached hydrogen (secondary N) is 1. The van der Waals surface area contributed by atoms with Crippen LogP contribution in [-0.2, 0) is 0 Å². The highest BCUT2D eigenvalue weighted by atomic mass is 79.9. The number of nitrogens with zero attached hydrogens (tertiary/aromatic N) is 1. The van der Waals surface area contributed by atoms with Gasteiger partial charge < -0.3 is 11.1 Å². The maximum atomic E-state index is 12.3. The second-order valence-corrected chi connectivity index (χ2v) is 7.02. The van der Waals surface area contributed by atoms with E-state index in [1.807, 2.05) is 11.8 Å². The molecule has 19 heavy (non-hydrogen) atoms. The molecule has 1 fully saturated rings. The number of hydrogen-bond donors (Lipinski definition) is 2. The van der Waals surface area contributed by atoms with Gasteiger partial charge >= 0.3 is 0 Å². The van der Waals surface area contributed by atoms with Crippen molar-refractivity contribution in [1.29, 1.82) is 0 Å². The first-order valence-corrected chi connectivity index (χ1v) is 8.29. The smallest absolute Gasteiger partial charge is 0.255 e. The minimum atomic E-state index is -0.125. The summed E-state index contributed by atoms with van der Waals surface area (Å²) in [6, 6.07) is 1.96. The number of thioether (sulfide) groups is 1. The standard InChI is InChI=1S/C13H18BrN3OS/c1-2-19-11-5-3-4-10(11)17-13(18)9-6-8(14)7-16-12(9)15/h6-7,10-11H,2-5H2,1H3,(H2,15,16)(H,17,18). The van der Waals surface area contributed by atoms with E-state index < -0.39 is 0 Å². The number of rotatable bonds is 4. The minimum absolute atomic E-state index is 0.125. The molecule has 1 amide bonds. The van der Waals surface area contributed by atoms with Gasteiger partial charge in [0.2, 0.25) is 0 Å². The zero-order chi connectivity index (χ0) is 13.8. The third kappa shape index (κ3) is 3.63. The summed E-state index contributed by atoms with van der Waals surface area (Å²) in [7, 11) is 0. The van der Waals surface area contributed by atoms with Crippen LogP contribution in [0.1, 0.15) is 36.5 Å². The Hall–Kier alpha value is -0.750. The van der Waals surface area contributed by atoms with Gasteiger partial charge in [-0.25, -0.2) is 4.98 Å². The predicted molar refractivity (Wildman–Crippen MR) is 83.4 cm³/mol. The maximum absolute atomic E-state index is 12.3. The summed E-state index contributed by atoms with van der Waals surface area (Å²) in [5.41, 5.74) is 6.21. The van der Waals surface area contributed by atoms with Crippen molar-refractivity contribution in [2.45, 2.75) is 37.5 Å². The molecule has 104 valence electrons. The van der Waals surface area contributed by atoms with Crippen LogP contribution in [0.2, 0.25) is 0 Å². The molecule has 1 aliphatic carbocycles. The number of nitrogen functional groups attached to an aromatic ring is 1. The lowest BCUT2D eigenvalue weighted by atomic mass is 10.2. The average Bonchev–Trinajstić information content (AvgIpc) is 2.80. The molecule has 1 saturated carbocycles. The van der Waals surface area contributed by atoms with Gasteiger partial charge in [-0.05, 0) is 40.6 Å². The maximum Gasteiger partial charge on any atom is 0.255 e. The number of pyridine rings is 1. The third-order valence-corrected chi connectivity index (χ3v) is 5.04. The molecule has 0 aromatic carbocycles. The van der Waals surface area contributed by atoms with E-state index >= 15 is 0 Å². The fraction of sp³-hybridized carbons (Fsp3) is 0.538. The SMILES string of the molecule is CCSC1CCCC1NC(=O)c1cc(Br)cnc1N. The van der Waals surface area contributed by atoms with Crippen molar-refractivity contribution in [1.82, 2.24) is 10.3 Å². The van der Waals surface area contributed by atoms with E-state index in [2.05, 4.69) is 33.2 Å². The van der Waals surface area contributed by atoms with Crippen molar-refractivity contribution in [2.75, 3.05) is 11.5 Å². The van der Waals surface area contributed by atoms with E-state index in [0.717, 1.165) is 16.6 Å². The molecule has 3 N–H and O–H groups in total. The molecule has 0 bridgehead atoms. The van der Waals surface area contributed by atoms with E-state index in [1.165, 1.54) is 12.8 Å². The van der Waals surface area contributed by atoms with Gasteiger partial charge in [-0.15, -0.1) is 0 Å². The van der Waals surface area contributed by atoms with Gasteiger partial charge in [0.05, 0.1) is 5.56 Å². The van der Waals surface area contributed by atoms with E-state index in [4.69, 9.17) is 5.73 Å². The van der Waals surface area contributed by atoms with E-state index in [9.17, 15) is 4.79 Å². The Morgan fingerprint density at radius 3 is 3.16 bits per heavy atom. The summed E-state index contributed by atoms with van der Waals surface area (Å²) in [5.74, 6) is 1.23. The van der Waals surface area contributed by atoms with Crippen LogP contribution in [0.3, 0.4) is 0 Å². The quantitative estimate of drug-likeness (QED) is 0.881. The molecule has 0 radical (unpaired) electrons. The van der Waals surface area contributed by atoms with Crippen molar-refractivity contribution in [3.63, 3.8) is 0 Å². The van der Waals surface area contributed by atoms with Crippen LogP contribution in [0.4, 0.5) is 5.82 Å². The second kappa shape index (κ2) is 6.61. The average molecular weight is 344 g/mol. The first kappa shape index (κ1) is 14.7. The highest BCUT2D eigenvalue weighted by Crippen LogP contribution is 2.30. The van der Waals surface area contributed by atoms with Gasteiger partial charge in [-0.2, -0.15) is 11.8 Å². The third-order valence-electron chi connectivity index (χ3n) is 3.28. The van der Waals surface area contributed by atoms with Gasteiger partial charge in [0.1, 0.15) is 5.82 Å². The van der Waals surface area contributed by atoms with Crippen molar-refractivity contribution in [3.8, 4) is 0 Å². The van der Waals surface area contributed by atoms with Crippen LogP contribution in [0.25, 0.3) is 0 Å². The van der Waals surface area contributed by atoms with Gasteiger partial charge in [0.15, 0.2) is 0 Å². The van der Waals surface area contributed by atoms with Crippen LogP contribution < -0.4 is 11.1 Å². The fourth-order valence-electron chi connectivity index (χ4n) is 2.38. The predicted octanol–water partition coefficient (Wildman–Crippen LogP) is 2.83. The normalized spacial score (nSPS) is 22.4. The molecule has 1 heterocycles. The Morgan fingerprint density at radius 1 is 1.63 bits per heavy atom. The number of amides is 1. The molecule has 1 aromatic heterocycles. The second-order valence-electron chi connectivity index (χ2n) is 4.59. The molecular weight excluding hydrogens is 326 g/mol. The first-order valence-electron chi connectivity index (χ1n) is 6.45. The number of halogens is 1. The molecule has 2 rings (SSSR count). The number of hydrogen-bond acceptors (Lipinski definition) is 4. The Balaban J connectivity index is 2.06. The Morgan fingerprint density at radius 2 is 2.42 bits per heavy atom. The van der Waals surface area contributed by atoms with Gasteiger partial charge in [-0.3, -0.25) is 4.79 Å². The van der Waals surface area contributed by atoms with Crippen molar-refractivity contribution < 1.29 is 4.79 Å². The number of nitrogens with two attached hydrogens (primary N) is 1. The van der Waals surface area contributed by atoms with Crippen LogP contribution >= 0.6 is 27.7 Å². The summed E-state index contributed by atoms with van der Waals surface area (Å²) in [4.78, 5) is 16.3. The van der Waals surface area contributed by atoms with E-state index in [0.29, 0.717) is 10.8 Å². The van der Waals surface area contributed by atoms with Crippen LogP contribution in [0, 0.1) is 0 Å². The molecular formula is C13H18BrN3OS. The van der Waals surface area contributed by atoms with Gasteiger partial charge in [-0.1, -0.05) is 13.3 Å². The van der Waals surface area contributed by atoms with Crippen molar-refractivity contribution >= 4 is 39.4 Å². The molecule has 6 heteroatoms. The lowest BCUT2D eigenvalue weighted by molar-refractivity contribution is 0.0939. The van der Waals surface area contributed by atoms with Crippen LogP contribution in [-0.4, -0.2) is 27.9 Å². The summed E-state index contributed by atoms with van der Waals surface area (Å²) in [6.07, 6.45) is 4.99. The van der Waals surface area contributed by atoms with Crippen LogP contribution in [0.15, 0.2) is 16.7 Å². The number of carbonyl (C=O) groups excluding carboxylic acids is 1. The Bertz CT molecular complexity index is 469. The zero-order valence-corrected chi connectivity index (χ0v) is 13.3. The Kier molecular flexibility index (Phi) is 5.10. The monoisotopic (exact) mass is 343 g/mol. The molecule has 1 aromatic rings. The summed E-state index contributed by atoms with van der Waals surface area (Å²) < 4.78 is 0.762. The zero-order valence-electron chi connectivity index (χ0n) is 10.9. The summed E-state index contributed by atoms with van der Waals surface area (Å²) >= 11 is 5.23. The topological polar surface area (TPSA) is 68.0 Å².